The van der Waals surface area contributed by atoms with Crippen molar-refractivity contribution in [3.8, 4) is 0 Å². The Labute approximate surface area is 158 Å². The number of benzene rings is 2. The first-order valence-electron chi connectivity index (χ1n) is 8.57. The van der Waals surface area contributed by atoms with Crippen LogP contribution in [0.4, 0.5) is 0 Å². The van der Waals surface area contributed by atoms with E-state index in [-0.39, 0.29) is 16.8 Å². The molecule has 1 aliphatic heterocycles. The summed E-state index contributed by atoms with van der Waals surface area (Å²) in [5.41, 5.74) is 0. The number of sulfonamides is 1. The predicted molar refractivity (Wildman–Crippen MR) is 104 cm³/mol. The molecule has 3 rings (SSSR count). The van der Waals surface area contributed by atoms with Crippen LogP contribution in [0, 0.1) is 0 Å². The highest BCUT2D eigenvalue weighted by molar-refractivity contribution is 8.00. The number of piperidine rings is 1. The van der Waals surface area contributed by atoms with Gasteiger partial charge in [-0.3, -0.25) is 4.79 Å². The quantitative estimate of drug-likeness (QED) is 0.770. The summed E-state index contributed by atoms with van der Waals surface area (Å²) in [6.07, 6.45) is 1.27. The number of amides is 1. The van der Waals surface area contributed by atoms with Crippen molar-refractivity contribution in [1.82, 2.24) is 9.62 Å². The SMILES string of the molecule is O=C(CSc1ccccc1)N1CCC(NS(=O)(=O)c2ccccc2)CC1. The molecule has 7 heteroatoms. The van der Waals surface area contributed by atoms with E-state index >= 15 is 0 Å². The molecule has 26 heavy (non-hydrogen) atoms. The minimum Gasteiger partial charge on any atom is -0.342 e. The molecular weight excluding hydrogens is 368 g/mol. The van der Waals surface area contributed by atoms with Gasteiger partial charge in [-0.25, -0.2) is 13.1 Å². The second-order valence-corrected chi connectivity index (χ2v) is 8.95. The molecule has 0 bridgehead atoms. The Balaban J connectivity index is 1.47. The van der Waals surface area contributed by atoms with Gasteiger partial charge in [0.05, 0.1) is 10.6 Å². The maximum Gasteiger partial charge on any atom is 0.240 e. The van der Waals surface area contributed by atoms with Gasteiger partial charge in [0, 0.05) is 24.0 Å². The fourth-order valence-electron chi connectivity index (χ4n) is 2.89. The van der Waals surface area contributed by atoms with Crippen molar-refractivity contribution in [3.05, 3.63) is 60.7 Å². The third-order valence-electron chi connectivity index (χ3n) is 4.33. The Hall–Kier alpha value is -1.83. The van der Waals surface area contributed by atoms with Crippen molar-refractivity contribution >= 4 is 27.7 Å². The minimum atomic E-state index is -3.50. The first kappa shape index (κ1) is 18.9. The van der Waals surface area contributed by atoms with Crippen LogP contribution in [0.1, 0.15) is 12.8 Å². The van der Waals surface area contributed by atoms with Crippen molar-refractivity contribution in [1.29, 1.82) is 0 Å². The number of thioether (sulfide) groups is 1. The molecule has 0 aliphatic carbocycles. The number of carbonyl (C=O) groups excluding carboxylic acids is 1. The zero-order valence-electron chi connectivity index (χ0n) is 14.4. The molecule has 2 aromatic carbocycles. The fraction of sp³-hybridized carbons (Fsp3) is 0.316. The van der Waals surface area contributed by atoms with Gasteiger partial charge in [-0.05, 0) is 37.1 Å². The van der Waals surface area contributed by atoms with Crippen LogP contribution in [-0.2, 0) is 14.8 Å². The lowest BCUT2D eigenvalue weighted by Gasteiger charge is -2.32. The van der Waals surface area contributed by atoms with Crippen molar-refractivity contribution in [2.75, 3.05) is 18.8 Å². The van der Waals surface area contributed by atoms with E-state index in [1.165, 1.54) is 11.8 Å². The maximum absolute atomic E-state index is 12.4. The maximum atomic E-state index is 12.4. The molecule has 0 spiro atoms. The van der Waals surface area contributed by atoms with Gasteiger partial charge in [0.15, 0.2) is 0 Å². The van der Waals surface area contributed by atoms with Crippen LogP contribution in [0.15, 0.2) is 70.5 Å². The summed E-state index contributed by atoms with van der Waals surface area (Å²) in [7, 11) is -3.50. The summed E-state index contributed by atoms with van der Waals surface area (Å²) in [5.74, 6) is 0.507. The number of nitrogens with zero attached hydrogens (tertiary/aromatic N) is 1. The van der Waals surface area contributed by atoms with Crippen LogP contribution < -0.4 is 4.72 Å². The van der Waals surface area contributed by atoms with E-state index < -0.39 is 10.0 Å². The average Bonchev–Trinajstić information content (AvgIpc) is 2.68. The average molecular weight is 391 g/mol. The second-order valence-electron chi connectivity index (χ2n) is 6.19. The molecule has 0 aromatic heterocycles. The highest BCUT2D eigenvalue weighted by atomic mass is 32.2. The van der Waals surface area contributed by atoms with E-state index in [1.54, 1.807) is 30.3 Å². The lowest BCUT2D eigenvalue weighted by Crippen LogP contribution is -2.46. The molecule has 2 aromatic rings. The molecule has 0 atom stereocenters. The lowest BCUT2D eigenvalue weighted by atomic mass is 10.1. The molecule has 0 saturated carbocycles. The molecule has 1 saturated heterocycles. The Morgan fingerprint density at radius 3 is 2.19 bits per heavy atom. The molecule has 1 amide bonds. The highest BCUT2D eigenvalue weighted by Crippen LogP contribution is 2.20. The Kier molecular flexibility index (Phi) is 6.34. The van der Waals surface area contributed by atoms with Crippen LogP contribution in [0.5, 0.6) is 0 Å². The molecule has 0 radical (unpaired) electrons. The second kappa shape index (κ2) is 8.70. The zero-order valence-corrected chi connectivity index (χ0v) is 16.0. The summed E-state index contributed by atoms with van der Waals surface area (Å²) in [6, 6.07) is 18.1. The number of hydrogen-bond donors (Lipinski definition) is 1. The van der Waals surface area contributed by atoms with E-state index in [0.29, 0.717) is 31.7 Å². The molecular formula is C19H22N2O3S2. The van der Waals surface area contributed by atoms with Gasteiger partial charge >= 0.3 is 0 Å². The summed E-state index contributed by atoms with van der Waals surface area (Å²) in [6.45, 7) is 1.16. The molecule has 138 valence electrons. The monoisotopic (exact) mass is 390 g/mol. The van der Waals surface area contributed by atoms with E-state index in [2.05, 4.69) is 4.72 Å². The smallest absolute Gasteiger partial charge is 0.240 e. The van der Waals surface area contributed by atoms with Gasteiger partial charge in [-0.1, -0.05) is 36.4 Å². The number of carbonyl (C=O) groups is 1. The fourth-order valence-corrected chi connectivity index (χ4v) is 5.04. The number of likely N-dealkylation sites (tertiary alicyclic amines) is 1. The van der Waals surface area contributed by atoms with E-state index in [4.69, 9.17) is 0 Å². The van der Waals surface area contributed by atoms with Gasteiger partial charge in [0.25, 0.3) is 0 Å². The van der Waals surface area contributed by atoms with Crippen molar-refractivity contribution in [3.63, 3.8) is 0 Å². The van der Waals surface area contributed by atoms with Gasteiger partial charge in [-0.2, -0.15) is 0 Å². The molecule has 0 unspecified atom stereocenters. The minimum absolute atomic E-state index is 0.100. The largest absolute Gasteiger partial charge is 0.342 e. The summed E-state index contributed by atoms with van der Waals surface area (Å²) < 4.78 is 27.5. The number of rotatable bonds is 6. The summed E-state index contributed by atoms with van der Waals surface area (Å²) in [5, 5.41) is 0. The van der Waals surface area contributed by atoms with Crippen molar-refractivity contribution in [2.45, 2.75) is 28.7 Å². The number of hydrogen-bond acceptors (Lipinski definition) is 4. The summed E-state index contributed by atoms with van der Waals surface area (Å²) in [4.78, 5) is 15.5. The predicted octanol–water partition coefficient (Wildman–Crippen LogP) is 2.75. The van der Waals surface area contributed by atoms with Gasteiger partial charge in [-0.15, -0.1) is 11.8 Å². The van der Waals surface area contributed by atoms with Crippen LogP contribution in [-0.4, -0.2) is 44.1 Å². The van der Waals surface area contributed by atoms with E-state index in [9.17, 15) is 13.2 Å². The normalized spacial score (nSPS) is 15.8. The first-order valence-corrected chi connectivity index (χ1v) is 11.0. The molecule has 1 fully saturated rings. The van der Waals surface area contributed by atoms with Crippen LogP contribution in [0.25, 0.3) is 0 Å². The van der Waals surface area contributed by atoms with Crippen molar-refractivity contribution < 1.29 is 13.2 Å². The number of nitrogens with one attached hydrogen (secondary N) is 1. The summed E-state index contributed by atoms with van der Waals surface area (Å²) >= 11 is 1.53. The van der Waals surface area contributed by atoms with Crippen molar-refractivity contribution in [2.24, 2.45) is 0 Å². The highest BCUT2D eigenvalue weighted by Gasteiger charge is 2.26. The third kappa shape index (κ3) is 5.09. The van der Waals surface area contributed by atoms with Gasteiger partial charge in [0.1, 0.15) is 0 Å². The Morgan fingerprint density at radius 1 is 1.00 bits per heavy atom. The Bertz CT molecular complexity index is 818. The van der Waals surface area contributed by atoms with Gasteiger partial charge < -0.3 is 4.90 Å². The van der Waals surface area contributed by atoms with Gasteiger partial charge in [0.2, 0.25) is 15.9 Å². The third-order valence-corrected chi connectivity index (χ3v) is 6.86. The molecule has 1 heterocycles. The van der Waals surface area contributed by atoms with E-state index in [1.807, 2.05) is 35.2 Å². The van der Waals surface area contributed by atoms with Crippen LogP contribution in [0.2, 0.25) is 0 Å². The van der Waals surface area contributed by atoms with Crippen LogP contribution >= 0.6 is 11.8 Å². The molecule has 5 nitrogen and oxygen atoms in total. The van der Waals surface area contributed by atoms with Crippen LogP contribution in [0.3, 0.4) is 0 Å². The standard InChI is InChI=1S/C19H22N2O3S2/c22-19(15-25-17-7-3-1-4-8-17)21-13-11-16(12-14-21)20-26(23,24)18-9-5-2-6-10-18/h1-10,16,20H,11-15H2. The molecule has 1 N–H and O–H groups in total. The first-order chi connectivity index (χ1) is 12.5. The zero-order chi connectivity index (χ0) is 18.4. The lowest BCUT2D eigenvalue weighted by molar-refractivity contribution is -0.129. The topological polar surface area (TPSA) is 66.5 Å². The van der Waals surface area contributed by atoms with E-state index in [0.717, 1.165) is 4.90 Å². The Morgan fingerprint density at radius 2 is 1.58 bits per heavy atom. The molecule has 1 aliphatic rings.